The minimum Gasteiger partial charge on any atom is -0.358 e. The molecule has 0 saturated heterocycles. The lowest BCUT2D eigenvalue weighted by molar-refractivity contribution is 0.103. The number of aryl methyl sites for hydroxylation is 2. The van der Waals surface area contributed by atoms with E-state index in [2.05, 4.69) is 5.10 Å². The fourth-order valence-corrected chi connectivity index (χ4v) is 4.54. The lowest BCUT2D eigenvalue weighted by Gasteiger charge is -2.10. The van der Waals surface area contributed by atoms with Gasteiger partial charge in [-0.05, 0) is 37.3 Å². The summed E-state index contributed by atoms with van der Waals surface area (Å²) in [6.07, 6.45) is 2.17. The smallest absolute Gasteiger partial charge is 0.340 e. The zero-order valence-corrected chi connectivity index (χ0v) is 18.5. The third kappa shape index (κ3) is 4.40. The molecule has 8 nitrogen and oxygen atoms in total. The van der Waals surface area contributed by atoms with E-state index in [9.17, 15) is 21.6 Å². The van der Waals surface area contributed by atoms with Crippen molar-refractivity contribution in [3.05, 3.63) is 70.4 Å². The molecule has 0 atom stereocenters. The minimum absolute atomic E-state index is 0.0188. The number of sulfone groups is 1. The highest BCUT2D eigenvalue weighted by Gasteiger charge is 2.27. The van der Waals surface area contributed by atoms with Gasteiger partial charge < -0.3 is 4.18 Å². The zero-order valence-electron chi connectivity index (χ0n) is 16.2. The number of carbonyl (C=O) groups excluding carboxylic acids is 1. The van der Waals surface area contributed by atoms with Gasteiger partial charge in [0.05, 0.1) is 16.1 Å². The summed E-state index contributed by atoms with van der Waals surface area (Å²) in [7, 11) is -6.31. The summed E-state index contributed by atoms with van der Waals surface area (Å²) in [4.78, 5) is 12.8. The minimum atomic E-state index is -4.22. The lowest BCUT2D eigenvalue weighted by Crippen LogP contribution is -2.14. The fourth-order valence-electron chi connectivity index (χ4n) is 2.59. The third-order valence-electron chi connectivity index (χ3n) is 4.24. The van der Waals surface area contributed by atoms with Gasteiger partial charge in [0, 0.05) is 18.9 Å². The maximum absolute atomic E-state index is 13.0. The van der Waals surface area contributed by atoms with Gasteiger partial charge >= 0.3 is 10.1 Å². The first-order valence-electron chi connectivity index (χ1n) is 8.47. The van der Waals surface area contributed by atoms with Crippen LogP contribution in [0.1, 0.15) is 21.5 Å². The standard InChI is InChI=1S/C19H17ClN2O6S2/c1-12-4-6-13(7-5-12)30(26,27)28-19-16(11-21-22(19)2)18(23)15-9-8-14(10-17(15)20)29(3,24)25/h4-11H,1-3H3. The fraction of sp³-hybridized carbons (Fsp3) is 0.158. The second-order valence-electron chi connectivity index (χ2n) is 6.58. The van der Waals surface area contributed by atoms with Crippen LogP contribution in [0.25, 0.3) is 0 Å². The quantitative estimate of drug-likeness (QED) is 0.403. The van der Waals surface area contributed by atoms with E-state index in [0.29, 0.717) is 0 Å². The van der Waals surface area contributed by atoms with E-state index in [1.807, 2.05) is 6.92 Å². The van der Waals surface area contributed by atoms with Crippen LogP contribution in [0.2, 0.25) is 5.02 Å². The average molecular weight is 469 g/mol. The average Bonchev–Trinajstić information content (AvgIpc) is 3.00. The number of ketones is 1. The molecule has 1 heterocycles. The number of nitrogens with zero attached hydrogens (tertiary/aromatic N) is 2. The van der Waals surface area contributed by atoms with Crippen LogP contribution in [0, 0.1) is 6.92 Å². The van der Waals surface area contributed by atoms with Crippen molar-refractivity contribution in [2.75, 3.05) is 6.26 Å². The van der Waals surface area contributed by atoms with Crippen LogP contribution in [0.15, 0.2) is 58.5 Å². The summed E-state index contributed by atoms with van der Waals surface area (Å²) in [5.74, 6) is -0.953. The molecule has 11 heteroatoms. The zero-order chi connectivity index (χ0) is 22.3. The normalized spacial score (nSPS) is 12.0. The molecule has 0 aliphatic carbocycles. The predicted octanol–water partition coefficient (Wildman–Crippen LogP) is 2.78. The van der Waals surface area contributed by atoms with E-state index in [1.165, 1.54) is 31.3 Å². The van der Waals surface area contributed by atoms with E-state index >= 15 is 0 Å². The van der Waals surface area contributed by atoms with Crippen molar-refractivity contribution >= 4 is 37.3 Å². The van der Waals surface area contributed by atoms with Gasteiger partial charge in [0.15, 0.2) is 9.84 Å². The monoisotopic (exact) mass is 468 g/mol. The van der Waals surface area contributed by atoms with Crippen LogP contribution < -0.4 is 4.18 Å². The van der Waals surface area contributed by atoms with Gasteiger partial charge in [-0.3, -0.25) is 4.79 Å². The van der Waals surface area contributed by atoms with Crippen molar-refractivity contribution < 1.29 is 25.8 Å². The Morgan fingerprint density at radius 2 is 1.60 bits per heavy atom. The number of benzene rings is 2. The van der Waals surface area contributed by atoms with Crippen molar-refractivity contribution in [1.82, 2.24) is 9.78 Å². The Balaban J connectivity index is 2.00. The number of aromatic nitrogens is 2. The van der Waals surface area contributed by atoms with Crippen molar-refractivity contribution in [3.63, 3.8) is 0 Å². The van der Waals surface area contributed by atoms with E-state index in [0.717, 1.165) is 28.8 Å². The number of hydrogen-bond donors (Lipinski definition) is 0. The predicted molar refractivity (Wildman–Crippen MR) is 110 cm³/mol. The summed E-state index contributed by atoms with van der Waals surface area (Å²) in [6, 6.07) is 9.68. The Kier molecular flexibility index (Phi) is 5.76. The molecule has 0 unspecified atom stereocenters. The molecule has 0 fully saturated rings. The molecule has 0 saturated carbocycles. The third-order valence-corrected chi connectivity index (χ3v) is 6.89. The first-order valence-corrected chi connectivity index (χ1v) is 12.2. The Morgan fingerprint density at radius 1 is 1.00 bits per heavy atom. The maximum atomic E-state index is 13.0. The van der Waals surface area contributed by atoms with Gasteiger partial charge in [-0.15, -0.1) is 0 Å². The van der Waals surface area contributed by atoms with E-state index < -0.39 is 25.7 Å². The summed E-state index contributed by atoms with van der Waals surface area (Å²) in [5, 5.41) is 3.81. The molecule has 0 bridgehead atoms. The molecule has 158 valence electrons. The second kappa shape index (κ2) is 7.86. The maximum Gasteiger partial charge on any atom is 0.340 e. The van der Waals surface area contributed by atoms with E-state index in [-0.39, 0.29) is 31.8 Å². The summed E-state index contributed by atoms with van der Waals surface area (Å²) >= 11 is 6.11. The molecule has 30 heavy (non-hydrogen) atoms. The Hall–Kier alpha value is -2.69. The highest BCUT2D eigenvalue weighted by Crippen LogP contribution is 2.29. The molecule has 0 amide bonds. The molecule has 2 aromatic carbocycles. The van der Waals surface area contributed by atoms with Crippen LogP contribution in [0.4, 0.5) is 0 Å². The van der Waals surface area contributed by atoms with Crippen LogP contribution >= 0.6 is 11.6 Å². The molecule has 3 rings (SSSR count). The Bertz CT molecular complexity index is 1340. The van der Waals surface area contributed by atoms with E-state index in [4.69, 9.17) is 15.8 Å². The topological polar surface area (TPSA) is 112 Å². The van der Waals surface area contributed by atoms with Crippen molar-refractivity contribution in [3.8, 4) is 5.88 Å². The first-order chi connectivity index (χ1) is 13.9. The molecule has 0 aliphatic rings. The lowest BCUT2D eigenvalue weighted by atomic mass is 10.1. The number of hydrogen-bond acceptors (Lipinski definition) is 7. The van der Waals surface area contributed by atoms with Gasteiger partial charge in [-0.2, -0.15) is 13.5 Å². The SMILES string of the molecule is Cc1ccc(S(=O)(=O)Oc2c(C(=O)c3ccc(S(C)(=O)=O)cc3Cl)cnn2C)cc1. The van der Waals surface area contributed by atoms with Crippen LogP contribution in [-0.4, -0.2) is 38.7 Å². The molecular weight excluding hydrogens is 452 g/mol. The summed E-state index contributed by atoms with van der Waals surface area (Å²) < 4.78 is 54.9. The van der Waals surface area contributed by atoms with Gasteiger partial charge in [-0.1, -0.05) is 29.3 Å². The molecule has 0 spiro atoms. The number of halogens is 1. The Morgan fingerprint density at radius 3 is 2.17 bits per heavy atom. The van der Waals surface area contributed by atoms with Gasteiger partial charge in [0.2, 0.25) is 11.7 Å². The first kappa shape index (κ1) is 22.0. The summed E-state index contributed by atoms with van der Waals surface area (Å²) in [6.45, 7) is 1.81. The summed E-state index contributed by atoms with van der Waals surface area (Å²) in [5.41, 5.74) is 0.717. The number of carbonyl (C=O) groups is 1. The van der Waals surface area contributed by atoms with Gasteiger partial charge in [0.1, 0.15) is 10.5 Å². The van der Waals surface area contributed by atoms with Crippen molar-refractivity contribution in [2.24, 2.45) is 7.05 Å². The number of rotatable bonds is 6. The Labute approximate surface area is 179 Å². The van der Waals surface area contributed by atoms with Crippen LogP contribution in [0.5, 0.6) is 5.88 Å². The molecule has 3 aromatic rings. The highest BCUT2D eigenvalue weighted by molar-refractivity contribution is 7.90. The molecule has 0 radical (unpaired) electrons. The second-order valence-corrected chi connectivity index (χ2v) is 10.5. The van der Waals surface area contributed by atoms with Gasteiger partial charge in [0.25, 0.3) is 0 Å². The van der Waals surface area contributed by atoms with Crippen LogP contribution in [-0.2, 0) is 27.0 Å². The molecule has 0 aliphatic heterocycles. The van der Waals surface area contributed by atoms with Crippen molar-refractivity contribution in [1.29, 1.82) is 0 Å². The van der Waals surface area contributed by atoms with Gasteiger partial charge in [-0.25, -0.2) is 13.1 Å². The van der Waals surface area contributed by atoms with E-state index in [1.54, 1.807) is 12.1 Å². The molecule has 1 aromatic heterocycles. The van der Waals surface area contributed by atoms with Crippen LogP contribution in [0.3, 0.4) is 0 Å². The van der Waals surface area contributed by atoms with Crippen molar-refractivity contribution in [2.45, 2.75) is 16.7 Å². The largest absolute Gasteiger partial charge is 0.358 e. The highest BCUT2D eigenvalue weighted by atomic mass is 35.5. The molecular formula is C19H17ClN2O6S2. The molecule has 0 N–H and O–H groups in total.